The molecule has 3 nitrogen and oxygen atoms in total. The molecule has 1 amide bonds. The molecule has 1 fully saturated rings. The summed E-state index contributed by atoms with van der Waals surface area (Å²) in [6.07, 6.45) is -0.117. The lowest BCUT2D eigenvalue weighted by Gasteiger charge is -2.36. The van der Waals surface area contributed by atoms with E-state index in [0.29, 0.717) is 13.1 Å². The molecule has 1 aliphatic rings. The van der Waals surface area contributed by atoms with Crippen LogP contribution in [0.25, 0.3) is 0 Å². The van der Waals surface area contributed by atoms with Crippen LogP contribution in [0.15, 0.2) is 0 Å². The van der Waals surface area contributed by atoms with Gasteiger partial charge in [0.25, 0.3) is 5.92 Å². The van der Waals surface area contributed by atoms with Crippen LogP contribution in [0.5, 0.6) is 0 Å². The van der Waals surface area contributed by atoms with Gasteiger partial charge in [0.1, 0.15) is 0 Å². The summed E-state index contributed by atoms with van der Waals surface area (Å²) in [6.45, 7) is 5.00. The number of amides is 1. The summed E-state index contributed by atoms with van der Waals surface area (Å²) in [7, 11) is 0. The van der Waals surface area contributed by atoms with E-state index in [-0.39, 0.29) is 12.8 Å². The van der Waals surface area contributed by atoms with Gasteiger partial charge in [0.15, 0.2) is 6.10 Å². The van der Waals surface area contributed by atoms with Crippen molar-refractivity contribution in [1.82, 2.24) is 4.90 Å². The lowest BCUT2D eigenvalue weighted by atomic mass is 9.91. The van der Waals surface area contributed by atoms with Crippen molar-refractivity contribution in [3.05, 3.63) is 0 Å². The molecule has 0 aliphatic heterocycles. The first-order valence-corrected chi connectivity index (χ1v) is 5.84. The van der Waals surface area contributed by atoms with E-state index in [4.69, 9.17) is 4.74 Å². The Morgan fingerprint density at radius 3 is 2.25 bits per heavy atom. The number of hydrogen-bond donors (Lipinski definition) is 0. The number of rotatable bonds is 5. The zero-order valence-corrected chi connectivity index (χ0v) is 9.84. The predicted molar refractivity (Wildman–Crippen MR) is 56.6 cm³/mol. The smallest absolute Gasteiger partial charge is 0.410 e. The Kier molecular flexibility index (Phi) is 4.50. The van der Waals surface area contributed by atoms with Gasteiger partial charge in [-0.3, -0.25) is 0 Å². The lowest BCUT2D eigenvalue weighted by molar-refractivity contribution is -0.179. The molecule has 0 spiro atoms. The van der Waals surface area contributed by atoms with Gasteiger partial charge >= 0.3 is 6.09 Å². The molecular weight excluding hydrogens is 216 g/mol. The van der Waals surface area contributed by atoms with Crippen molar-refractivity contribution >= 4 is 6.09 Å². The Bertz CT molecular complexity index is 240. The highest BCUT2D eigenvalue weighted by atomic mass is 19.3. The maximum absolute atomic E-state index is 12.9. The average Bonchev–Trinajstić information content (AvgIpc) is 2.24. The van der Waals surface area contributed by atoms with Gasteiger partial charge in [-0.1, -0.05) is 13.8 Å². The van der Waals surface area contributed by atoms with Gasteiger partial charge in [0, 0.05) is 19.5 Å². The number of halogens is 2. The van der Waals surface area contributed by atoms with E-state index >= 15 is 0 Å². The fourth-order valence-electron chi connectivity index (χ4n) is 1.66. The van der Waals surface area contributed by atoms with Crippen molar-refractivity contribution in [3.63, 3.8) is 0 Å². The van der Waals surface area contributed by atoms with Crippen LogP contribution in [0, 0.1) is 0 Å². The average molecular weight is 235 g/mol. The first-order valence-electron chi connectivity index (χ1n) is 5.84. The van der Waals surface area contributed by atoms with Crippen molar-refractivity contribution in [2.45, 2.75) is 51.6 Å². The molecule has 1 atom stereocenters. The molecule has 0 heterocycles. The number of hydrogen-bond acceptors (Lipinski definition) is 2. The third kappa shape index (κ3) is 3.06. The SMILES string of the molecule is CCCN(CCC)C(=O)OC1CCC1(F)F. The van der Waals surface area contributed by atoms with E-state index in [1.807, 2.05) is 13.8 Å². The predicted octanol–water partition coefficient (Wildman–Crippen LogP) is 3.04. The Morgan fingerprint density at radius 2 is 1.94 bits per heavy atom. The van der Waals surface area contributed by atoms with E-state index in [2.05, 4.69) is 0 Å². The molecule has 1 unspecified atom stereocenters. The summed E-state index contributed by atoms with van der Waals surface area (Å²) in [5.74, 6) is -2.82. The Hall–Kier alpha value is -0.870. The molecule has 0 bridgehead atoms. The molecule has 1 aliphatic carbocycles. The molecule has 0 aromatic carbocycles. The largest absolute Gasteiger partial charge is 0.440 e. The monoisotopic (exact) mass is 235 g/mol. The third-order valence-electron chi connectivity index (χ3n) is 2.70. The molecule has 0 radical (unpaired) electrons. The Balaban J connectivity index is 2.42. The van der Waals surface area contributed by atoms with E-state index in [0.717, 1.165) is 12.8 Å². The van der Waals surface area contributed by atoms with Crippen LogP contribution in [-0.4, -0.2) is 36.1 Å². The van der Waals surface area contributed by atoms with Crippen molar-refractivity contribution in [3.8, 4) is 0 Å². The summed E-state index contributed by atoms with van der Waals surface area (Å²) < 4.78 is 30.6. The van der Waals surface area contributed by atoms with Crippen LogP contribution in [0.3, 0.4) is 0 Å². The van der Waals surface area contributed by atoms with Crippen LogP contribution in [0.2, 0.25) is 0 Å². The van der Waals surface area contributed by atoms with Crippen LogP contribution < -0.4 is 0 Å². The third-order valence-corrected chi connectivity index (χ3v) is 2.70. The molecular formula is C11H19F2NO2. The minimum absolute atomic E-state index is 0.174. The highest BCUT2D eigenvalue weighted by molar-refractivity contribution is 5.68. The summed E-state index contributed by atoms with van der Waals surface area (Å²) in [6, 6.07) is 0. The van der Waals surface area contributed by atoms with E-state index in [1.165, 1.54) is 4.90 Å². The number of nitrogens with zero attached hydrogens (tertiary/aromatic N) is 1. The molecule has 0 saturated heterocycles. The van der Waals surface area contributed by atoms with Crippen molar-refractivity contribution in [2.24, 2.45) is 0 Å². The van der Waals surface area contributed by atoms with Crippen molar-refractivity contribution in [1.29, 1.82) is 0 Å². The maximum atomic E-state index is 12.9. The minimum atomic E-state index is -2.82. The standard InChI is InChI=1S/C11H19F2NO2/c1-3-7-14(8-4-2)10(15)16-9-5-6-11(9,12)13/h9H,3-8H2,1-2H3. The van der Waals surface area contributed by atoms with Gasteiger partial charge < -0.3 is 9.64 Å². The molecule has 1 rings (SSSR count). The first-order chi connectivity index (χ1) is 7.51. The highest BCUT2D eigenvalue weighted by Gasteiger charge is 2.51. The Labute approximate surface area is 94.7 Å². The fourth-order valence-corrected chi connectivity index (χ4v) is 1.66. The van der Waals surface area contributed by atoms with Gasteiger partial charge in [0.2, 0.25) is 0 Å². The quantitative estimate of drug-likeness (QED) is 0.733. The van der Waals surface area contributed by atoms with Gasteiger partial charge in [-0.2, -0.15) is 0 Å². The second-order valence-corrected chi connectivity index (χ2v) is 4.16. The maximum Gasteiger partial charge on any atom is 0.410 e. The second kappa shape index (κ2) is 5.46. The molecule has 94 valence electrons. The van der Waals surface area contributed by atoms with Crippen LogP contribution in [0.1, 0.15) is 39.5 Å². The molecule has 0 N–H and O–H groups in total. The van der Waals surface area contributed by atoms with Crippen molar-refractivity contribution in [2.75, 3.05) is 13.1 Å². The summed E-state index contributed by atoms with van der Waals surface area (Å²) in [5, 5.41) is 0. The molecule has 1 saturated carbocycles. The highest BCUT2D eigenvalue weighted by Crippen LogP contribution is 2.40. The number of ether oxygens (including phenoxy) is 1. The van der Waals surface area contributed by atoms with Gasteiger partial charge in [-0.05, 0) is 19.3 Å². The van der Waals surface area contributed by atoms with Crippen LogP contribution in [-0.2, 0) is 4.74 Å². The van der Waals surface area contributed by atoms with Gasteiger partial charge in [-0.15, -0.1) is 0 Å². The number of carbonyl (C=O) groups excluding carboxylic acids is 1. The van der Waals surface area contributed by atoms with E-state index < -0.39 is 18.1 Å². The topological polar surface area (TPSA) is 29.5 Å². The molecule has 5 heteroatoms. The van der Waals surface area contributed by atoms with E-state index in [1.54, 1.807) is 0 Å². The Morgan fingerprint density at radius 1 is 1.38 bits per heavy atom. The molecule has 0 aromatic rings. The van der Waals surface area contributed by atoms with Gasteiger partial charge in [0.05, 0.1) is 0 Å². The zero-order valence-electron chi connectivity index (χ0n) is 9.84. The normalized spacial score (nSPS) is 22.4. The van der Waals surface area contributed by atoms with Gasteiger partial charge in [-0.25, -0.2) is 13.6 Å². The molecule has 0 aromatic heterocycles. The fraction of sp³-hybridized carbons (Fsp3) is 0.909. The van der Waals surface area contributed by atoms with Crippen LogP contribution >= 0.6 is 0 Å². The minimum Gasteiger partial charge on any atom is -0.440 e. The second-order valence-electron chi connectivity index (χ2n) is 4.16. The zero-order chi connectivity index (χ0) is 12.2. The first kappa shape index (κ1) is 13.2. The summed E-state index contributed by atoms with van der Waals surface area (Å²) in [4.78, 5) is 13.1. The van der Waals surface area contributed by atoms with E-state index in [9.17, 15) is 13.6 Å². The summed E-state index contributed by atoms with van der Waals surface area (Å²) in [5.41, 5.74) is 0. The summed E-state index contributed by atoms with van der Waals surface area (Å²) >= 11 is 0. The van der Waals surface area contributed by atoms with Crippen molar-refractivity contribution < 1.29 is 18.3 Å². The number of carbonyl (C=O) groups is 1. The molecule has 16 heavy (non-hydrogen) atoms. The lowest BCUT2D eigenvalue weighted by Crippen LogP contribution is -2.49. The van der Waals surface area contributed by atoms with Crippen LogP contribution in [0.4, 0.5) is 13.6 Å². The number of alkyl halides is 2.